The van der Waals surface area contributed by atoms with Gasteiger partial charge in [-0.25, -0.2) is 0 Å². The highest BCUT2D eigenvalue weighted by molar-refractivity contribution is 8.13. The van der Waals surface area contributed by atoms with Gasteiger partial charge in [0, 0.05) is 16.3 Å². The van der Waals surface area contributed by atoms with Crippen LogP contribution in [0.25, 0.3) is 0 Å². The van der Waals surface area contributed by atoms with Gasteiger partial charge in [-0.3, -0.25) is 4.79 Å². The predicted octanol–water partition coefficient (Wildman–Crippen LogP) is 4.00. The van der Waals surface area contributed by atoms with E-state index in [0.717, 1.165) is 4.90 Å². The van der Waals surface area contributed by atoms with E-state index in [1.165, 1.54) is 11.8 Å². The van der Waals surface area contributed by atoms with Crippen molar-refractivity contribution in [3.8, 4) is 0 Å². The van der Waals surface area contributed by atoms with Crippen molar-refractivity contribution in [1.29, 1.82) is 0 Å². The van der Waals surface area contributed by atoms with Crippen molar-refractivity contribution in [2.24, 2.45) is 5.92 Å². The molecular weight excluding hydrogens is 216 g/mol. The minimum Gasteiger partial charge on any atom is -0.287 e. The molecule has 1 aromatic carbocycles. The maximum atomic E-state index is 11.4. The zero-order valence-corrected chi connectivity index (χ0v) is 9.86. The van der Waals surface area contributed by atoms with Crippen LogP contribution in [0.15, 0.2) is 29.2 Å². The van der Waals surface area contributed by atoms with Crippen LogP contribution in [0.2, 0.25) is 5.02 Å². The van der Waals surface area contributed by atoms with Gasteiger partial charge in [-0.1, -0.05) is 37.2 Å². The molecule has 0 amide bonds. The van der Waals surface area contributed by atoms with Gasteiger partial charge in [0.05, 0.1) is 0 Å². The van der Waals surface area contributed by atoms with E-state index in [2.05, 4.69) is 0 Å². The van der Waals surface area contributed by atoms with Crippen LogP contribution in [0.4, 0.5) is 0 Å². The van der Waals surface area contributed by atoms with Crippen molar-refractivity contribution in [2.75, 3.05) is 0 Å². The fourth-order valence-corrected chi connectivity index (χ4v) is 2.09. The molecule has 0 aliphatic rings. The molecule has 0 aliphatic carbocycles. The van der Waals surface area contributed by atoms with E-state index in [0.29, 0.717) is 17.4 Å². The topological polar surface area (TPSA) is 17.1 Å². The third kappa shape index (κ3) is 4.16. The van der Waals surface area contributed by atoms with Crippen molar-refractivity contribution in [2.45, 2.75) is 25.2 Å². The molecular formula is C11H13ClOS. The maximum Gasteiger partial charge on any atom is 0.193 e. The minimum atomic E-state index is 0.210. The summed E-state index contributed by atoms with van der Waals surface area (Å²) in [7, 11) is 0. The van der Waals surface area contributed by atoms with Crippen LogP contribution in [0, 0.1) is 5.92 Å². The first-order valence-electron chi connectivity index (χ1n) is 4.54. The summed E-state index contributed by atoms with van der Waals surface area (Å²) in [6, 6.07) is 7.33. The second-order valence-corrected chi connectivity index (χ2v) is 5.09. The van der Waals surface area contributed by atoms with Crippen molar-refractivity contribution < 1.29 is 4.79 Å². The van der Waals surface area contributed by atoms with Gasteiger partial charge in [-0.05, 0) is 30.2 Å². The molecule has 0 saturated heterocycles. The summed E-state index contributed by atoms with van der Waals surface area (Å²) in [6.07, 6.45) is 0.618. The Kier molecular flexibility index (Phi) is 4.49. The van der Waals surface area contributed by atoms with E-state index in [9.17, 15) is 4.79 Å². The molecule has 0 aliphatic heterocycles. The molecule has 0 atom stereocenters. The zero-order valence-electron chi connectivity index (χ0n) is 8.29. The van der Waals surface area contributed by atoms with Gasteiger partial charge in [0.15, 0.2) is 5.12 Å². The SMILES string of the molecule is CC(C)CC(=O)Sc1ccc(Cl)cc1. The third-order valence-corrected chi connectivity index (χ3v) is 2.77. The Hall–Kier alpha value is -0.470. The average molecular weight is 229 g/mol. The van der Waals surface area contributed by atoms with Crippen molar-refractivity contribution in [3.63, 3.8) is 0 Å². The minimum absolute atomic E-state index is 0.210. The number of benzene rings is 1. The number of halogens is 1. The van der Waals surface area contributed by atoms with Crippen LogP contribution in [-0.4, -0.2) is 5.12 Å². The Morgan fingerprint density at radius 3 is 2.43 bits per heavy atom. The van der Waals surface area contributed by atoms with E-state index in [4.69, 9.17) is 11.6 Å². The average Bonchev–Trinajstić information content (AvgIpc) is 2.07. The Balaban J connectivity index is 2.52. The predicted molar refractivity (Wildman–Crippen MR) is 61.8 cm³/mol. The first-order valence-corrected chi connectivity index (χ1v) is 5.73. The van der Waals surface area contributed by atoms with E-state index < -0.39 is 0 Å². The molecule has 0 spiro atoms. The Bertz CT molecular complexity index is 306. The fraction of sp³-hybridized carbons (Fsp3) is 0.364. The fourth-order valence-electron chi connectivity index (χ4n) is 1.01. The van der Waals surface area contributed by atoms with E-state index in [1.54, 1.807) is 12.1 Å². The van der Waals surface area contributed by atoms with Crippen LogP contribution >= 0.6 is 23.4 Å². The molecule has 14 heavy (non-hydrogen) atoms. The Morgan fingerprint density at radius 1 is 1.36 bits per heavy atom. The van der Waals surface area contributed by atoms with Gasteiger partial charge in [0.2, 0.25) is 0 Å². The van der Waals surface area contributed by atoms with Crippen molar-refractivity contribution in [3.05, 3.63) is 29.3 Å². The van der Waals surface area contributed by atoms with Crippen LogP contribution in [0.3, 0.4) is 0 Å². The first-order chi connectivity index (χ1) is 6.58. The lowest BCUT2D eigenvalue weighted by Crippen LogP contribution is -1.97. The Morgan fingerprint density at radius 2 is 1.93 bits per heavy atom. The molecule has 1 aromatic rings. The highest BCUT2D eigenvalue weighted by Crippen LogP contribution is 2.23. The summed E-state index contributed by atoms with van der Waals surface area (Å²) in [5.74, 6) is 0.419. The number of carbonyl (C=O) groups is 1. The smallest absolute Gasteiger partial charge is 0.193 e. The van der Waals surface area contributed by atoms with E-state index >= 15 is 0 Å². The number of hydrogen-bond donors (Lipinski definition) is 0. The molecule has 1 nitrogen and oxygen atoms in total. The van der Waals surface area contributed by atoms with E-state index in [1.807, 2.05) is 26.0 Å². The van der Waals surface area contributed by atoms with Gasteiger partial charge in [-0.2, -0.15) is 0 Å². The van der Waals surface area contributed by atoms with Crippen molar-refractivity contribution >= 4 is 28.5 Å². The second-order valence-electron chi connectivity index (χ2n) is 3.53. The number of hydrogen-bond acceptors (Lipinski definition) is 2. The van der Waals surface area contributed by atoms with E-state index in [-0.39, 0.29) is 5.12 Å². The van der Waals surface area contributed by atoms with Gasteiger partial charge >= 0.3 is 0 Å². The molecule has 0 radical (unpaired) electrons. The number of rotatable bonds is 3. The molecule has 0 unspecified atom stereocenters. The normalized spacial score (nSPS) is 10.6. The lowest BCUT2D eigenvalue weighted by Gasteiger charge is -2.03. The lowest BCUT2D eigenvalue weighted by atomic mass is 10.2. The molecule has 1 rings (SSSR count). The van der Waals surface area contributed by atoms with Gasteiger partial charge < -0.3 is 0 Å². The first kappa shape index (κ1) is 11.6. The van der Waals surface area contributed by atoms with Crippen LogP contribution < -0.4 is 0 Å². The summed E-state index contributed by atoms with van der Waals surface area (Å²) >= 11 is 7.02. The quantitative estimate of drug-likeness (QED) is 0.728. The standard InChI is InChI=1S/C11H13ClOS/c1-8(2)7-11(13)14-10-5-3-9(12)4-6-10/h3-6,8H,7H2,1-2H3. The van der Waals surface area contributed by atoms with Gasteiger partial charge in [0.1, 0.15) is 0 Å². The molecule has 0 heterocycles. The molecule has 0 aromatic heterocycles. The number of carbonyl (C=O) groups excluding carboxylic acids is 1. The molecule has 76 valence electrons. The summed E-state index contributed by atoms with van der Waals surface area (Å²) in [5, 5.41) is 0.910. The third-order valence-electron chi connectivity index (χ3n) is 1.62. The maximum absolute atomic E-state index is 11.4. The summed E-state index contributed by atoms with van der Waals surface area (Å²) in [6.45, 7) is 4.08. The highest BCUT2D eigenvalue weighted by atomic mass is 35.5. The zero-order chi connectivity index (χ0) is 10.6. The molecule has 0 N–H and O–H groups in total. The monoisotopic (exact) mass is 228 g/mol. The highest BCUT2D eigenvalue weighted by Gasteiger charge is 2.06. The van der Waals surface area contributed by atoms with Crippen LogP contribution in [-0.2, 0) is 4.79 Å². The van der Waals surface area contributed by atoms with Crippen LogP contribution in [0.5, 0.6) is 0 Å². The van der Waals surface area contributed by atoms with Crippen LogP contribution in [0.1, 0.15) is 20.3 Å². The summed E-state index contributed by atoms with van der Waals surface area (Å²) in [4.78, 5) is 12.4. The molecule has 0 bridgehead atoms. The molecule has 3 heteroatoms. The summed E-state index contributed by atoms with van der Waals surface area (Å²) in [5.41, 5.74) is 0. The van der Waals surface area contributed by atoms with Crippen molar-refractivity contribution in [1.82, 2.24) is 0 Å². The van der Waals surface area contributed by atoms with Gasteiger partial charge in [0.25, 0.3) is 0 Å². The Labute approximate surface area is 93.8 Å². The second kappa shape index (κ2) is 5.42. The molecule has 0 fully saturated rings. The largest absolute Gasteiger partial charge is 0.287 e. The van der Waals surface area contributed by atoms with Gasteiger partial charge in [-0.15, -0.1) is 0 Å². The molecule has 0 saturated carbocycles. The lowest BCUT2D eigenvalue weighted by molar-refractivity contribution is -0.111. The summed E-state index contributed by atoms with van der Waals surface area (Å²) < 4.78 is 0. The number of thioether (sulfide) groups is 1.